The quantitative estimate of drug-likeness (QED) is 0.768. The van der Waals surface area contributed by atoms with Gasteiger partial charge in [-0.2, -0.15) is 0 Å². The third-order valence-corrected chi connectivity index (χ3v) is 2.95. The number of amides is 1. The number of nitrogens with zero attached hydrogens (tertiary/aromatic N) is 1. The van der Waals surface area contributed by atoms with Crippen molar-refractivity contribution < 1.29 is 4.79 Å². The molecule has 0 bridgehead atoms. The number of hydrogen-bond acceptors (Lipinski definition) is 2. The Kier molecular flexibility index (Phi) is 5.09. The van der Waals surface area contributed by atoms with Crippen LogP contribution in [0.4, 0.5) is 0 Å². The summed E-state index contributed by atoms with van der Waals surface area (Å²) < 4.78 is 0. The van der Waals surface area contributed by atoms with Crippen molar-refractivity contribution in [3.05, 3.63) is 0 Å². The van der Waals surface area contributed by atoms with E-state index in [0.717, 1.165) is 38.4 Å². The third-order valence-electron chi connectivity index (χ3n) is 2.95. The first-order chi connectivity index (χ1) is 7.11. The molecule has 0 aromatic carbocycles. The SMILES string of the molecule is CC(C)CCCN1CCCNC(C)C1=O. The molecule has 88 valence electrons. The highest BCUT2D eigenvalue weighted by Gasteiger charge is 2.22. The lowest BCUT2D eigenvalue weighted by Gasteiger charge is -2.22. The number of hydrogen-bond donors (Lipinski definition) is 1. The van der Waals surface area contributed by atoms with Gasteiger partial charge in [0.05, 0.1) is 6.04 Å². The van der Waals surface area contributed by atoms with Crippen LogP contribution in [0.2, 0.25) is 0 Å². The van der Waals surface area contributed by atoms with Gasteiger partial charge in [-0.15, -0.1) is 0 Å². The van der Waals surface area contributed by atoms with Crippen LogP contribution >= 0.6 is 0 Å². The number of rotatable bonds is 4. The minimum Gasteiger partial charge on any atom is -0.341 e. The molecule has 0 radical (unpaired) electrons. The molecular weight excluding hydrogens is 188 g/mol. The van der Waals surface area contributed by atoms with Crippen LogP contribution in [0.3, 0.4) is 0 Å². The van der Waals surface area contributed by atoms with Crippen LogP contribution in [0, 0.1) is 5.92 Å². The molecule has 1 saturated heterocycles. The summed E-state index contributed by atoms with van der Waals surface area (Å²) in [6.07, 6.45) is 3.43. The molecule has 1 atom stereocenters. The molecule has 1 amide bonds. The predicted molar refractivity (Wildman–Crippen MR) is 62.7 cm³/mol. The highest BCUT2D eigenvalue weighted by Crippen LogP contribution is 2.08. The largest absolute Gasteiger partial charge is 0.341 e. The average molecular weight is 212 g/mol. The smallest absolute Gasteiger partial charge is 0.239 e. The zero-order chi connectivity index (χ0) is 11.3. The summed E-state index contributed by atoms with van der Waals surface area (Å²) in [5, 5.41) is 3.23. The molecule has 1 fully saturated rings. The molecule has 0 saturated carbocycles. The van der Waals surface area contributed by atoms with Crippen LogP contribution in [0.25, 0.3) is 0 Å². The Morgan fingerprint density at radius 1 is 1.53 bits per heavy atom. The molecule has 15 heavy (non-hydrogen) atoms. The van der Waals surface area contributed by atoms with E-state index in [2.05, 4.69) is 19.2 Å². The summed E-state index contributed by atoms with van der Waals surface area (Å²) in [4.78, 5) is 13.9. The maximum absolute atomic E-state index is 11.9. The van der Waals surface area contributed by atoms with Gasteiger partial charge in [0.1, 0.15) is 0 Å². The predicted octanol–water partition coefficient (Wildman–Crippen LogP) is 1.63. The van der Waals surface area contributed by atoms with E-state index in [0.29, 0.717) is 0 Å². The van der Waals surface area contributed by atoms with Gasteiger partial charge in [0, 0.05) is 13.1 Å². The molecule has 1 heterocycles. The van der Waals surface area contributed by atoms with Gasteiger partial charge >= 0.3 is 0 Å². The van der Waals surface area contributed by atoms with Gasteiger partial charge in [-0.3, -0.25) is 4.79 Å². The zero-order valence-electron chi connectivity index (χ0n) is 10.3. The summed E-state index contributed by atoms with van der Waals surface area (Å²) in [5.74, 6) is 1.01. The molecule has 0 aromatic heterocycles. The van der Waals surface area contributed by atoms with Crippen LogP contribution in [0.15, 0.2) is 0 Å². The fourth-order valence-corrected chi connectivity index (χ4v) is 1.97. The first kappa shape index (κ1) is 12.5. The van der Waals surface area contributed by atoms with Crippen LogP contribution in [-0.2, 0) is 4.79 Å². The molecule has 1 N–H and O–H groups in total. The minimum atomic E-state index is 0.00606. The van der Waals surface area contributed by atoms with Crippen molar-refractivity contribution in [2.45, 2.75) is 46.1 Å². The zero-order valence-corrected chi connectivity index (χ0v) is 10.3. The standard InChI is InChI=1S/C12H24N2O/c1-10(2)6-4-8-14-9-5-7-13-11(3)12(14)15/h10-11,13H,4-9H2,1-3H3. The topological polar surface area (TPSA) is 32.3 Å². The van der Waals surface area contributed by atoms with Gasteiger partial charge < -0.3 is 10.2 Å². The monoisotopic (exact) mass is 212 g/mol. The summed E-state index contributed by atoms with van der Waals surface area (Å²) in [6, 6.07) is 0.00606. The van der Waals surface area contributed by atoms with E-state index in [1.807, 2.05) is 11.8 Å². The Morgan fingerprint density at radius 2 is 2.27 bits per heavy atom. The van der Waals surface area contributed by atoms with Crippen molar-refractivity contribution in [3.8, 4) is 0 Å². The van der Waals surface area contributed by atoms with E-state index < -0.39 is 0 Å². The second-order valence-corrected chi connectivity index (χ2v) is 4.89. The maximum Gasteiger partial charge on any atom is 0.239 e. The van der Waals surface area contributed by atoms with Gasteiger partial charge in [0.25, 0.3) is 0 Å². The Balaban J connectivity index is 2.34. The normalized spacial score (nSPS) is 23.3. The van der Waals surface area contributed by atoms with E-state index in [9.17, 15) is 4.79 Å². The Hall–Kier alpha value is -0.570. The van der Waals surface area contributed by atoms with Gasteiger partial charge in [-0.05, 0) is 38.6 Å². The molecule has 1 aliphatic heterocycles. The van der Waals surface area contributed by atoms with Crippen molar-refractivity contribution in [2.75, 3.05) is 19.6 Å². The fourth-order valence-electron chi connectivity index (χ4n) is 1.97. The van der Waals surface area contributed by atoms with Crippen molar-refractivity contribution in [3.63, 3.8) is 0 Å². The number of nitrogens with one attached hydrogen (secondary N) is 1. The number of carbonyl (C=O) groups excluding carboxylic acids is 1. The molecular formula is C12H24N2O. The molecule has 0 aromatic rings. The van der Waals surface area contributed by atoms with Crippen LogP contribution in [0.1, 0.15) is 40.0 Å². The summed E-state index contributed by atoms with van der Waals surface area (Å²) in [7, 11) is 0. The van der Waals surface area contributed by atoms with Gasteiger partial charge in [0.2, 0.25) is 5.91 Å². The second kappa shape index (κ2) is 6.11. The fraction of sp³-hybridized carbons (Fsp3) is 0.917. The summed E-state index contributed by atoms with van der Waals surface area (Å²) in [5.41, 5.74) is 0. The Morgan fingerprint density at radius 3 is 2.93 bits per heavy atom. The average Bonchev–Trinajstić information content (AvgIpc) is 2.32. The number of carbonyl (C=O) groups is 1. The van der Waals surface area contributed by atoms with Crippen molar-refractivity contribution >= 4 is 5.91 Å². The van der Waals surface area contributed by atoms with Crippen molar-refractivity contribution in [2.24, 2.45) is 5.92 Å². The maximum atomic E-state index is 11.9. The van der Waals surface area contributed by atoms with Crippen LogP contribution in [0.5, 0.6) is 0 Å². The van der Waals surface area contributed by atoms with E-state index in [-0.39, 0.29) is 11.9 Å². The van der Waals surface area contributed by atoms with Gasteiger partial charge in [0.15, 0.2) is 0 Å². The third kappa shape index (κ3) is 4.20. The molecule has 3 heteroatoms. The molecule has 0 spiro atoms. The van der Waals surface area contributed by atoms with Crippen LogP contribution < -0.4 is 5.32 Å². The first-order valence-corrected chi connectivity index (χ1v) is 6.13. The van der Waals surface area contributed by atoms with Gasteiger partial charge in [-0.1, -0.05) is 13.8 Å². The second-order valence-electron chi connectivity index (χ2n) is 4.89. The van der Waals surface area contributed by atoms with E-state index in [1.165, 1.54) is 6.42 Å². The summed E-state index contributed by atoms with van der Waals surface area (Å²) in [6.45, 7) is 9.25. The highest BCUT2D eigenvalue weighted by atomic mass is 16.2. The summed E-state index contributed by atoms with van der Waals surface area (Å²) >= 11 is 0. The van der Waals surface area contributed by atoms with Crippen LogP contribution in [-0.4, -0.2) is 36.5 Å². The Bertz CT molecular complexity index is 204. The Labute approximate surface area is 93.2 Å². The van der Waals surface area contributed by atoms with Crippen molar-refractivity contribution in [1.82, 2.24) is 10.2 Å². The molecule has 0 aliphatic carbocycles. The van der Waals surface area contributed by atoms with Crippen molar-refractivity contribution in [1.29, 1.82) is 0 Å². The van der Waals surface area contributed by atoms with E-state index >= 15 is 0 Å². The molecule has 1 aliphatic rings. The lowest BCUT2D eigenvalue weighted by molar-refractivity contribution is -0.132. The minimum absolute atomic E-state index is 0.00606. The van der Waals surface area contributed by atoms with Gasteiger partial charge in [-0.25, -0.2) is 0 Å². The molecule has 1 rings (SSSR count). The molecule has 3 nitrogen and oxygen atoms in total. The molecule has 1 unspecified atom stereocenters. The lowest BCUT2D eigenvalue weighted by Crippen LogP contribution is -2.42. The highest BCUT2D eigenvalue weighted by molar-refractivity contribution is 5.81. The lowest BCUT2D eigenvalue weighted by atomic mass is 10.1. The van der Waals surface area contributed by atoms with E-state index in [4.69, 9.17) is 0 Å². The van der Waals surface area contributed by atoms with E-state index in [1.54, 1.807) is 0 Å². The first-order valence-electron chi connectivity index (χ1n) is 6.13.